The maximum absolute atomic E-state index is 14.0. The Kier molecular flexibility index (Phi) is 5.92. The largest absolute Gasteiger partial charge is 0.338 e. The second kappa shape index (κ2) is 8.94. The standard InChI is InChI=1S/C22H21F2N5O/c23-18-7-3-6-17(21(18)24)22(30)29-10-4-5-15(13-29)11-16-12-20(27-14-26-16)28-19-8-1-2-9-25-19/h1-3,6-9,12,14-15H,4-5,10-11,13H2,(H,25,26,27,28)/t15-/m0/s1. The summed E-state index contributed by atoms with van der Waals surface area (Å²) in [6.45, 7) is 1.00. The van der Waals surface area contributed by atoms with Gasteiger partial charge in [0.15, 0.2) is 11.6 Å². The van der Waals surface area contributed by atoms with Crippen molar-refractivity contribution < 1.29 is 13.6 Å². The smallest absolute Gasteiger partial charge is 0.256 e. The number of hydrogen-bond donors (Lipinski definition) is 1. The molecule has 1 aliphatic heterocycles. The summed E-state index contributed by atoms with van der Waals surface area (Å²) in [4.78, 5) is 27.1. The van der Waals surface area contributed by atoms with Crippen molar-refractivity contribution in [3.63, 3.8) is 0 Å². The lowest BCUT2D eigenvalue weighted by Gasteiger charge is -2.33. The van der Waals surface area contributed by atoms with E-state index in [0.29, 0.717) is 31.1 Å². The van der Waals surface area contributed by atoms with Gasteiger partial charge in [-0.1, -0.05) is 12.1 Å². The van der Waals surface area contributed by atoms with Gasteiger partial charge in [-0.2, -0.15) is 0 Å². The summed E-state index contributed by atoms with van der Waals surface area (Å²) in [6.07, 6.45) is 5.59. The maximum Gasteiger partial charge on any atom is 0.256 e. The number of anilines is 2. The van der Waals surface area contributed by atoms with Gasteiger partial charge in [-0.25, -0.2) is 23.7 Å². The number of piperidine rings is 1. The minimum atomic E-state index is -1.09. The summed E-state index contributed by atoms with van der Waals surface area (Å²) in [5, 5.41) is 3.14. The first-order valence-electron chi connectivity index (χ1n) is 9.82. The lowest BCUT2D eigenvalue weighted by atomic mass is 9.92. The number of carbonyl (C=O) groups is 1. The number of rotatable bonds is 5. The number of amides is 1. The van der Waals surface area contributed by atoms with Crippen molar-refractivity contribution in [2.75, 3.05) is 18.4 Å². The number of nitrogens with one attached hydrogen (secondary N) is 1. The van der Waals surface area contributed by atoms with Crippen LogP contribution in [0.4, 0.5) is 20.4 Å². The molecule has 0 aliphatic carbocycles. The number of benzene rings is 1. The molecule has 1 fully saturated rings. The molecule has 1 aromatic carbocycles. The molecule has 0 saturated carbocycles. The second-order valence-corrected chi connectivity index (χ2v) is 7.30. The number of pyridine rings is 1. The Morgan fingerprint density at radius 3 is 2.83 bits per heavy atom. The number of hydrogen-bond acceptors (Lipinski definition) is 5. The van der Waals surface area contributed by atoms with Crippen molar-refractivity contribution in [2.24, 2.45) is 5.92 Å². The topological polar surface area (TPSA) is 71.0 Å². The Balaban J connectivity index is 1.42. The van der Waals surface area contributed by atoms with Crippen LogP contribution in [0.1, 0.15) is 28.9 Å². The molecule has 1 N–H and O–H groups in total. The minimum absolute atomic E-state index is 0.178. The summed E-state index contributed by atoms with van der Waals surface area (Å²) in [5.41, 5.74) is 0.624. The van der Waals surface area contributed by atoms with Gasteiger partial charge in [-0.3, -0.25) is 4.79 Å². The van der Waals surface area contributed by atoms with Crippen LogP contribution in [0, 0.1) is 17.6 Å². The van der Waals surface area contributed by atoms with Crippen LogP contribution in [0.2, 0.25) is 0 Å². The molecular weight excluding hydrogens is 388 g/mol. The van der Waals surface area contributed by atoms with Gasteiger partial charge in [-0.05, 0) is 49.4 Å². The molecule has 6 nitrogen and oxygen atoms in total. The lowest BCUT2D eigenvalue weighted by Crippen LogP contribution is -2.41. The first-order valence-corrected chi connectivity index (χ1v) is 9.82. The highest BCUT2D eigenvalue weighted by molar-refractivity contribution is 5.94. The summed E-state index contributed by atoms with van der Waals surface area (Å²) < 4.78 is 27.5. The van der Waals surface area contributed by atoms with Crippen LogP contribution >= 0.6 is 0 Å². The summed E-state index contributed by atoms with van der Waals surface area (Å²) >= 11 is 0. The molecule has 4 rings (SSSR count). The third-order valence-electron chi connectivity index (χ3n) is 5.13. The van der Waals surface area contributed by atoms with Gasteiger partial charge in [0.25, 0.3) is 5.91 Å². The quantitative estimate of drug-likeness (QED) is 0.690. The number of nitrogens with zero attached hydrogens (tertiary/aromatic N) is 4. The fourth-order valence-electron chi connectivity index (χ4n) is 3.70. The van der Waals surface area contributed by atoms with Crippen LogP contribution in [0.3, 0.4) is 0 Å². The fourth-order valence-corrected chi connectivity index (χ4v) is 3.70. The zero-order valence-electron chi connectivity index (χ0n) is 16.3. The molecule has 154 valence electrons. The number of halogens is 2. The third-order valence-corrected chi connectivity index (χ3v) is 5.13. The van der Waals surface area contributed by atoms with Gasteiger partial charge in [0.1, 0.15) is 18.0 Å². The van der Waals surface area contributed by atoms with E-state index in [1.807, 2.05) is 24.3 Å². The molecule has 3 aromatic rings. The molecule has 8 heteroatoms. The van der Waals surface area contributed by atoms with Crippen LogP contribution in [-0.2, 0) is 6.42 Å². The zero-order valence-corrected chi connectivity index (χ0v) is 16.3. The monoisotopic (exact) mass is 409 g/mol. The van der Waals surface area contributed by atoms with Crippen molar-refractivity contribution in [3.8, 4) is 0 Å². The first kappa shape index (κ1) is 19.9. The highest BCUT2D eigenvalue weighted by Crippen LogP contribution is 2.24. The highest BCUT2D eigenvalue weighted by Gasteiger charge is 2.27. The van der Waals surface area contributed by atoms with Crippen molar-refractivity contribution >= 4 is 17.5 Å². The fraction of sp³-hybridized carbons (Fsp3) is 0.273. The molecule has 2 aromatic heterocycles. The normalized spacial score (nSPS) is 16.3. The molecule has 1 aliphatic rings. The van der Waals surface area contributed by atoms with Crippen LogP contribution < -0.4 is 5.32 Å². The van der Waals surface area contributed by atoms with Crippen LogP contribution in [0.25, 0.3) is 0 Å². The molecule has 1 amide bonds. The molecule has 3 heterocycles. The van der Waals surface area contributed by atoms with Crippen molar-refractivity contribution in [1.82, 2.24) is 19.9 Å². The van der Waals surface area contributed by atoms with Crippen LogP contribution in [0.5, 0.6) is 0 Å². The molecule has 0 radical (unpaired) electrons. The lowest BCUT2D eigenvalue weighted by molar-refractivity contribution is 0.0667. The zero-order chi connectivity index (χ0) is 20.9. The van der Waals surface area contributed by atoms with Crippen LogP contribution in [0.15, 0.2) is 55.0 Å². The Morgan fingerprint density at radius 1 is 1.10 bits per heavy atom. The van der Waals surface area contributed by atoms with E-state index in [4.69, 9.17) is 0 Å². The van der Waals surface area contributed by atoms with Gasteiger partial charge >= 0.3 is 0 Å². The molecule has 1 saturated heterocycles. The molecule has 0 spiro atoms. The van der Waals surface area contributed by atoms with E-state index in [1.54, 1.807) is 11.1 Å². The second-order valence-electron chi connectivity index (χ2n) is 7.30. The first-order chi connectivity index (χ1) is 14.6. The number of aromatic nitrogens is 3. The number of likely N-dealkylation sites (tertiary alicyclic amines) is 1. The minimum Gasteiger partial charge on any atom is -0.338 e. The van der Waals surface area contributed by atoms with E-state index in [-0.39, 0.29) is 11.5 Å². The van der Waals surface area contributed by atoms with Crippen molar-refractivity contribution in [1.29, 1.82) is 0 Å². The summed E-state index contributed by atoms with van der Waals surface area (Å²) in [6, 6.07) is 11.1. The number of carbonyl (C=O) groups excluding carboxylic acids is 1. The van der Waals surface area contributed by atoms with E-state index in [2.05, 4.69) is 20.3 Å². The maximum atomic E-state index is 14.0. The van der Waals surface area contributed by atoms with Gasteiger partial charge in [-0.15, -0.1) is 0 Å². The predicted octanol–water partition coefficient (Wildman–Crippen LogP) is 3.99. The van der Waals surface area contributed by atoms with E-state index in [9.17, 15) is 13.6 Å². The van der Waals surface area contributed by atoms with E-state index in [1.165, 1.54) is 18.5 Å². The summed E-state index contributed by atoms with van der Waals surface area (Å²) in [5.74, 6) is -1.07. The van der Waals surface area contributed by atoms with Crippen molar-refractivity contribution in [3.05, 3.63) is 77.9 Å². The van der Waals surface area contributed by atoms with E-state index in [0.717, 1.165) is 24.6 Å². The van der Waals surface area contributed by atoms with Gasteiger partial charge in [0, 0.05) is 31.0 Å². The Bertz CT molecular complexity index is 1030. The third kappa shape index (κ3) is 4.59. The SMILES string of the molecule is O=C(c1cccc(F)c1F)N1CCC[C@@H](Cc2cc(Nc3ccccn3)ncn2)C1. The average molecular weight is 409 g/mol. The Morgan fingerprint density at radius 2 is 2.00 bits per heavy atom. The molecule has 1 atom stereocenters. The van der Waals surface area contributed by atoms with Crippen LogP contribution in [-0.4, -0.2) is 38.8 Å². The Labute approximate surface area is 173 Å². The van der Waals surface area contributed by atoms with E-state index < -0.39 is 17.5 Å². The average Bonchev–Trinajstić information content (AvgIpc) is 2.76. The van der Waals surface area contributed by atoms with E-state index >= 15 is 0 Å². The molecular formula is C22H21F2N5O. The highest BCUT2D eigenvalue weighted by atomic mass is 19.2. The van der Waals surface area contributed by atoms with Crippen molar-refractivity contribution in [2.45, 2.75) is 19.3 Å². The predicted molar refractivity (Wildman–Crippen MR) is 108 cm³/mol. The molecule has 0 unspecified atom stereocenters. The Hall–Kier alpha value is -3.42. The van der Waals surface area contributed by atoms with Gasteiger partial charge in [0.2, 0.25) is 0 Å². The van der Waals surface area contributed by atoms with Gasteiger partial charge in [0.05, 0.1) is 5.56 Å². The van der Waals surface area contributed by atoms with Gasteiger partial charge < -0.3 is 10.2 Å². The molecule has 0 bridgehead atoms. The summed E-state index contributed by atoms with van der Waals surface area (Å²) in [7, 11) is 0. The molecule has 30 heavy (non-hydrogen) atoms.